The number of nitrogens with two attached hydrogens (primary N) is 1. The number of anilines is 1. The SMILES string of the molecule is COCCOCCn1nnnc1N. The fourth-order valence-corrected chi connectivity index (χ4v) is 0.766. The highest BCUT2D eigenvalue weighted by molar-refractivity contribution is 5.09. The summed E-state index contributed by atoms with van der Waals surface area (Å²) in [5.41, 5.74) is 5.43. The van der Waals surface area contributed by atoms with Gasteiger partial charge in [-0.3, -0.25) is 0 Å². The van der Waals surface area contributed by atoms with Crippen molar-refractivity contribution in [1.29, 1.82) is 0 Å². The smallest absolute Gasteiger partial charge is 0.240 e. The summed E-state index contributed by atoms with van der Waals surface area (Å²) in [6.07, 6.45) is 0. The highest BCUT2D eigenvalue weighted by Gasteiger charge is 1.99. The van der Waals surface area contributed by atoms with Gasteiger partial charge < -0.3 is 15.2 Å². The van der Waals surface area contributed by atoms with Gasteiger partial charge in [0, 0.05) is 7.11 Å². The zero-order valence-electron chi connectivity index (χ0n) is 7.51. The average Bonchev–Trinajstić information content (AvgIpc) is 2.52. The number of hydrogen-bond acceptors (Lipinski definition) is 6. The Labute approximate surface area is 75.8 Å². The monoisotopic (exact) mass is 187 g/mol. The zero-order valence-corrected chi connectivity index (χ0v) is 7.51. The Morgan fingerprint density at radius 1 is 1.38 bits per heavy atom. The van der Waals surface area contributed by atoms with E-state index in [1.165, 1.54) is 4.68 Å². The highest BCUT2D eigenvalue weighted by Crippen LogP contribution is 1.91. The molecule has 0 radical (unpaired) electrons. The highest BCUT2D eigenvalue weighted by atomic mass is 16.5. The predicted molar refractivity (Wildman–Crippen MR) is 44.9 cm³/mol. The molecule has 0 bridgehead atoms. The molecule has 0 unspecified atom stereocenters. The molecule has 0 atom stereocenters. The Morgan fingerprint density at radius 2 is 2.23 bits per heavy atom. The molecule has 0 aromatic carbocycles. The van der Waals surface area contributed by atoms with E-state index in [1.807, 2.05) is 0 Å². The molecule has 1 heterocycles. The lowest BCUT2D eigenvalue weighted by Crippen LogP contribution is -2.12. The van der Waals surface area contributed by atoms with E-state index < -0.39 is 0 Å². The lowest BCUT2D eigenvalue weighted by molar-refractivity contribution is 0.0654. The number of hydrogen-bond donors (Lipinski definition) is 1. The zero-order chi connectivity index (χ0) is 9.52. The Morgan fingerprint density at radius 3 is 2.85 bits per heavy atom. The average molecular weight is 187 g/mol. The number of nitrogen functional groups attached to an aromatic ring is 1. The van der Waals surface area contributed by atoms with Crippen LogP contribution in [-0.4, -0.2) is 47.1 Å². The van der Waals surface area contributed by atoms with Crippen molar-refractivity contribution in [3.05, 3.63) is 0 Å². The van der Waals surface area contributed by atoms with Gasteiger partial charge in [-0.2, -0.15) is 0 Å². The van der Waals surface area contributed by atoms with Gasteiger partial charge in [0.05, 0.1) is 26.4 Å². The quantitative estimate of drug-likeness (QED) is 0.570. The molecule has 74 valence electrons. The fraction of sp³-hybridized carbons (Fsp3) is 0.833. The van der Waals surface area contributed by atoms with Crippen molar-refractivity contribution in [3.63, 3.8) is 0 Å². The van der Waals surface area contributed by atoms with Crippen molar-refractivity contribution in [2.24, 2.45) is 0 Å². The normalized spacial score (nSPS) is 10.5. The van der Waals surface area contributed by atoms with E-state index in [1.54, 1.807) is 7.11 Å². The molecule has 2 N–H and O–H groups in total. The van der Waals surface area contributed by atoms with Gasteiger partial charge >= 0.3 is 0 Å². The molecule has 13 heavy (non-hydrogen) atoms. The predicted octanol–water partition coefficient (Wildman–Crippen LogP) is -1.08. The number of aromatic nitrogens is 4. The van der Waals surface area contributed by atoms with Crippen molar-refractivity contribution in [1.82, 2.24) is 20.2 Å². The molecule has 7 nitrogen and oxygen atoms in total. The molecular weight excluding hydrogens is 174 g/mol. The second-order valence-corrected chi connectivity index (χ2v) is 2.37. The van der Waals surface area contributed by atoms with Crippen LogP contribution in [0.5, 0.6) is 0 Å². The first-order chi connectivity index (χ1) is 6.34. The van der Waals surface area contributed by atoms with Crippen LogP contribution < -0.4 is 5.73 Å². The van der Waals surface area contributed by atoms with Crippen LogP contribution >= 0.6 is 0 Å². The number of ether oxygens (including phenoxy) is 2. The van der Waals surface area contributed by atoms with Crippen molar-refractivity contribution in [2.45, 2.75) is 6.54 Å². The van der Waals surface area contributed by atoms with Crippen molar-refractivity contribution < 1.29 is 9.47 Å². The molecule has 0 spiro atoms. The molecule has 1 aromatic heterocycles. The van der Waals surface area contributed by atoms with E-state index in [9.17, 15) is 0 Å². The van der Waals surface area contributed by atoms with Gasteiger partial charge in [0.1, 0.15) is 0 Å². The van der Waals surface area contributed by atoms with E-state index >= 15 is 0 Å². The Hall–Kier alpha value is -1.21. The van der Waals surface area contributed by atoms with Gasteiger partial charge in [-0.15, -0.1) is 0 Å². The van der Waals surface area contributed by atoms with Crippen LogP contribution in [0.25, 0.3) is 0 Å². The summed E-state index contributed by atoms with van der Waals surface area (Å²) in [7, 11) is 1.63. The molecular formula is C6H13N5O2. The maximum Gasteiger partial charge on any atom is 0.240 e. The van der Waals surface area contributed by atoms with Gasteiger partial charge in [0.2, 0.25) is 5.95 Å². The minimum atomic E-state index is 0.301. The van der Waals surface area contributed by atoms with Crippen LogP contribution in [0.2, 0.25) is 0 Å². The second-order valence-electron chi connectivity index (χ2n) is 2.37. The van der Waals surface area contributed by atoms with Gasteiger partial charge in [-0.1, -0.05) is 5.10 Å². The minimum Gasteiger partial charge on any atom is -0.382 e. The van der Waals surface area contributed by atoms with Gasteiger partial charge in [0.15, 0.2) is 0 Å². The standard InChI is InChI=1S/C6H13N5O2/c1-12-4-5-13-3-2-11-6(7)8-9-10-11/h2-5H2,1H3,(H2,7,8,10). The third-order valence-electron chi connectivity index (χ3n) is 1.44. The first-order valence-electron chi connectivity index (χ1n) is 3.93. The number of methoxy groups -OCH3 is 1. The molecule has 1 rings (SSSR count). The van der Waals surface area contributed by atoms with Crippen molar-refractivity contribution in [3.8, 4) is 0 Å². The van der Waals surface area contributed by atoms with Gasteiger partial charge in [-0.05, 0) is 10.4 Å². The molecule has 1 aromatic rings. The third-order valence-corrected chi connectivity index (χ3v) is 1.44. The molecule has 7 heteroatoms. The maximum absolute atomic E-state index is 5.43. The van der Waals surface area contributed by atoms with Crippen LogP contribution in [0.4, 0.5) is 5.95 Å². The van der Waals surface area contributed by atoms with Crippen LogP contribution in [0.15, 0.2) is 0 Å². The Bertz CT molecular complexity index is 239. The molecule has 0 saturated carbocycles. The third kappa shape index (κ3) is 3.34. The molecule has 0 amide bonds. The van der Waals surface area contributed by atoms with Crippen LogP contribution in [0, 0.1) is 0 Å². The summed E-state index contributed by atoms with van der Waals surface area (Å²) < 4.78 is 11.5. The summed E-state index contributed by atoms with van der Waals surface area (Å²) in [6.45, 7) is 2.24. The number of tetrazole rings is 1. The van der Waals surface area contributed by atoms with E-state index in [2.05, 4.69) is 15.5 Å². The van der Waals surface area contributed by atoms with E-state index in [4.69, 9.17) is 15.2 Å². The van der Waals surface area contributed by atoms with E-state index in [0.29, 0.717) is 32.3 Å². The molecule has 0 aliphatic carbocycles. The van der Waals surface area contributed by atoms with Crippen LogP contribution in [0.1, 0.15) is 0 Å². The molecule has 0 saturated heterocycles. The lowest BCUT2D eigenvalue weighted by Gasteiger charge is -2.03. The Kier molecular flexibility index (Phi) is 4.13. The van der Waals surface area contributed by atoms with E-state index in [0.717, 1.165) is 0 Å². The fourth-order valence-electron chi connectivity index (χ4n) is 0.766. The second kappa shape index (κ2) is 5.44. The number of rotatable bonds is 6. The maximum atomic E-state index is 5.43. The molecule has 0 aliphatic rings. The van der Waals surface area contributed by atoms with Gasteiger partial charge in [-0.25, -0.2) is 4.68 Å². The molecule has 0 aliphatic heterocycles. The summed E-state index contributed by atoms with van der Waals surface area (Å²) >= 11 is 0. The lowest BCUT2D eigenvalue weighted by atomic mass is 10.6. The largest absolute Gasteiger partial charge is 0.382 e. The van der Waals surface area contributed by atoms with Crippen LogP contribution in [0.3, 0.4) is 0 Å². The summed E-state index contributed by atoms with van der Waals surface area (Å²) in [5, 5.41) is 10.6. The number of nitrogens with zero attached hydrogens (tertiary/aromatic N) is 4. The minimum absolute atomic E-state index is 0.301. The Balaban J connectivity index is 2.10. The first-order valence-corrected chi connectivity index (χ1v) is 3.93. The van der Waals surface area contributed by atoms with E-state index in [-0.39, 0.29) is 0 Å². The van der Waals surface area contributed by atoms with Crippen molar-refractivity contribution in [2.75, 3.05) is 32.7 Å². The first kappa shape index (κ1) is 9.87. The summed E-state index contributed by atoms with van der Waals surface area (Å²) in [5.74, 6) is 0.301. The molecule has 0 fully saturated rings. The van der Waals surface area contributed by atoms with Gasteiger partial charge in [0.25, 0.3) is 0 Å². The topological polar surface area (TPSA) is 88.1 Å². The van der Waals surface area contributed by atoms with Crippen molar-refractivity contribution >= 4 is 5.95 Å². The van der Waals surface area contributed by atoms with Crippen LogP contribution in [-0.2, 0) is 16.0 Å². The summed E-state index contributed by atoms with van der Waals surface area (Å²) in [6, 6.07) is 0. The summed E-state index contributed by atoms with van der Waals surface area (Å²) in [4.78, 5) is 0.